The molecule has 0 amide bonds. The molecule has 2 nitrogen and oxygen atoms in total. The molecule has 3 heteroatoms. The van der Waals surface area contributed by atoms with E-state index in [1.165, 1.54) is 0 Å². The van der Waals surface area contributed by atoms with Gasteiger partial charge in [-0.2, -0.15) is 0 Å². The van der Waals surface area contributed by atoms with E-state index in [4.69, 9.17) is 4.74 Å². The third kappa shape index (κ3) is 2.39. The molecule has 9 heavy (non-hydrogen) atoms. The van der Waals surface area contributed by atoms with E-state index in [0.29, 0.717) is 0 Å². The second-order valence-electron chi connectivity index (χ2n) is 2.90. The van der Waals surface area contributed by atoms with Crippen molar-refractivity contribution in [3.63, 3.8) is 0 Å². The maximum absolute atomic E-state index is 5.54. The first-order valence-electron chi connectivity index (χ1n) is 3.05. The number of halogens is 1. The molecule has 0 spiro atoms. The quantitative estimate of drug-likeness (QED) is 0.269. The van der Waals surface area contributed by atoms with Gasteiger partial charge in [0.2, 0.25) is 0 Å². The van der Waals surface area contributed by atoms with Gasteiger partial charge in [0.05, 0.1) is 0 Å². The van der Waals surface area contributed by atoms with Gasteiger partial charge in [-0.15, -0.1) is 0 Å². The van der Waals surface area contributed by atoms with Crippen molar-refractivity contribution in [2.75, 3.05) is 18.2 Å². The van der Waals surface area contributed by atoms with E-state index in [2.05, 4.69) is 24.0 Å². The zero-order valence-electron chi connectivity index (χ0n) is 6.15. The number of alkyl halides is 1. The Morgan fingerprint density at radius 2 is 2.22 bits per heavy atom. The fraction of sp³-hybridized carbons (Fsp3) is 1.00. The van der Waals surface area contributed by atoms with E-state index in [9.17, 15) is 0 Å². The summed E-state index contributed by atoms with van der Waals surface area (Å²) < 4.78 is 8.94. The summed E-state index contributed by atoms with van der Waals surface area (Å²) in [7, 11) is 2.18. The second-order valence-corrected chi connectivity index (χ2v) is 5.85. The molecule has 0 radical (unpaired) electrons. The summed E-state index contributed by atoms with van der Waals surface area (Å²) in [5, 5.41) is 0. The molecule has 0 saturated carbocycles. The van der Waals surface area contributed by atoms with Crippen molar-refractivity contribution < 1.29 is 26.2 Å². The van der Waals surface area contributed by atoms with Crippen molar-refractivity contribution in [1.29, 1.82) is 0 Å². The summed E-state index contributed by atoms with van der Waals surface area (Å²) in [5.74, 6) is 0. The fourth-order valence-corrected chi connectivity index (χ4v) is 3.39. The summed E-state index contributed by atoms with van der Waals surface area (Å²) in [5.41, 5.74) is 0.104. The van der Waals surface area contributed by atoms with Crippen LogP contribution in [0.5, 0.6) is 0 Å². The molecule has 1 fully saturated rings. The summed E-state index contributed by atoms with van der Waals surface area (Å²) in [4.78, 5) is 0. The number of hydrogen-bond donors (Lipinski definition) is 0. The van der Waals surface area contributed by atoms with Crippen LogP contribution < -0.4 is 21.5 Å². The number of likely N-dealkylation sites (N-methyl/N-ethyl adjacent to an activating group) is 1. The van der Waals surface area contributed by atoms with Gasteiger partial charge in [-0.3, -0.25) is 0 Å². The topological polar surface area (TPSA) is 12.5 Å². The zero-order chi connectivity index (χ0) is 6.91. The molecule has 1 saturated heterocycles. The molecule has 0 aromatic carbocycles. The Morgan fingerprint density at radius 3 is 2.56 bits per heavy atom. The molecule has 0 aromatic rings. The van der Waals surface area contributed by atoms with Crippen LogP contribution >= 0.6 is 0 Å². The molecule has 0 unspecified atom stereocenters. The maximum atomic E-state index is 5.54. The van der Waals surface area contributed by atoms with Crippen molar-refractivity contribution in [2.24, 2.45) is 0 Å². The van der Waals surface area contributed by atoms with Crippen molar-refractivity contribution in [1.82, 2.24) is 3.11 Å². The van der Waals surface area contributed by atoms with Gasteiger partial charge in [0.1, 0.15) is 0 Å². The van der Waals surface area contributed by atoms with Gasteiger partial charge in [-0.05, 0) is 0 Å². The van der Waals surface area contributed by atoms with E-state index in [-0.39, 0.29) is 27.1 Å². The number of hydrogen-bond acceptors (Lipinski definition) is 2. The van der Waals surface area contributed by atoms with Crippen LogP contribution in [0.3, 0.4) is 0 Å². The van der Waals surface area contributed by atoms with Crippen LogP contribution in [0.1, 0.15) is 13.8 Å². The molecule has 0 N–H and O–H groups in total. The van der Waals surface area contributed by atoms with Gasteiger partial charge in [0.15, 0.2) is 0 Å². The van der Waals surface area contributed by atoms with Gasteiger partial charge < -0.3 is 0 Å². The molecular formula is C6H13INO-. The van der Waals surface area contributed by atoms with Gasteiger partial charge in [0.25, 0.3) is 0 Å². The molecule has 1 heterocycles. The molecule has 56 valence electrons. The van der Waals surface area contributed by atoms with Crippen LogP contribution in [0, 0.1) is 0 Å². The van der Waals surface area contributed by atoms with Crippen LogP contribution in [0.4, 0.5) is 0 Å². The Morgan fingerprint density at radius 1 is 1.56 bits per heavy atom. The van der Waals surface area contributed by atoms with Crippen molar-refractivity contribution in [3.05, 3.63) is 0 Å². The van der Waals surface area contributed by atoms with Crippen LogP contribution in [0.2, 0.25) is 0 Å². The van der Waals surface area contributed by atoms with Crippen LogP contribution in [-0.4, -0.2) is 26.9 Å². The molecule has 1 aliphatic heterocycles. The Hall–Kier alpha value is 0.650. The first-order chi connectivity index (χ1) is 4.10. The van der Waals surface area contributed by atoms with Gasteiger partial charge in [-0.1, -0.05) is 0 Å². The number of ether oxygens (including phenoxy) is 1. The Balaban J connectivity index is 2.41. The van der Waals surface area contributed by atoms with Crippen LogP contribution in [0.15, 0.2) is 0 Å². The standard InChI is InChI=1S/C6H13INO/c1-6(2)4-8(3)7-5-9-6/h4-5H2,1-3H3/q-1. The van der Waals surface area contributed by atoms with E-state index < -0.39 is 0 Å². The van der Waals surface area contributed by atoms with Crippen molar-refractivity contribution >= 4 is 0 Å². The average Bonchev–Trinajstić information content (AvgIpc) is 1.60. The Labute approximate surface area is 67.2 Å². The SMILES string of the molecule is CN1CC(C)(C)OC[I-]1. The first-order valence-corrected chi connectivity index (χ1v) is 5.54. The predicted molar refractivity (Wildman–Crippen MR) is 32.7 cm³/mol. The summed E-state index contributed by atoms with van der Waals surface area (Å²) in [6, 6.07) is 0. The van der Waals surface area contributed by atoms with E-state index in [1.54, 1.807) is 0 Å². The summed E-state index contributed by atoms with van der Waals surface area (Å²) in [6.07, 6.45) is 0. The van der Waals surface area contributed by atoms with Crippen molar-refractivity contribution in [3.8, 4) is 0 Å². The molecule has 0 aliphatic carbocycles. The second kappa shape index (κ2) is 2.72. The van der Waals surface area contributed by atoms with Gasteiger partial charge in [0, 0.05) is 0 Å². The molecule has 0 aromatic heterocycles. The average molecular weight is 242 g/mol. The fourth-order valence-electron chi connectivity index (χ4n) is 0.868. The summed E-state index contributed by atoms with van der Waals surface area (Å²) in [6.45, 7) is 5.39. The van der Waals surface area contributed by atoms with Crippen LogP contribution in [-0.2, 0) is 4.74 Å². The van der Waals surface area contributed by atoms with Crippen LogP contribution in [0.25, 0.3) is 0 Å². The normalized spacial score (nSPS) is 29.2. The van der Waals surface area contributed by atoms with E-state index in [0.717, 1.165) is 11.2 Å². The molecule has 0 bridgehead atoms. The van der Waals surface area contributed by atoms with E-state index >= 15 is 0 Å². The van der Waals surface area contributed by atoms with E-state index in [1.807, 2.05) is 0 Å². The third-order valence-corrected chi connectivity index (χ3v) is 3.39. The third-order valence-electron chi connectivity index (χ3n) is 1.30. The monoisotopic (exact) mass is 242 g/mol. The number of rotatable bonds is 0. The Kier molecular flexibility index (Phi) is 2.34. The van der Waals surface area contributed by atoms with Gasteiger partial charge in [-0.25, -0.2) is 0 Å². The minimum absolute atomic E-state index is 0.104. The zero-order valence-corrected chi connectivity index (χ0v) is 8.31. The van der Waals surface area contributed by atoms with Crippen molar-refractivity contribution in [2.45, 2.75) is 19.4 Å². The predicted octanol–water partition coefficient (Wildman–Crippen LogP) is -2.31. The molecule has 1 rings (SSSR count). The molecular weight excluding hydrogens is 229 g/mol. The number of nitrogens with zero attached hydrogens (tertiary/aromatic N) is 1. The Bertz CT molecular complexity index is 105. The minimum atomic E-state index is 0.104. The first kappa shape index (κ1) is 7.75. The molecule has 1 aliphatic rings. The summed E-state index contributed by atoms with van der Waals surface area (Å²) >= 11 is 0.203. The van der Waals surface area contributed by atoms with Gasteiger partial charge >= 0.3 is 67.0 Å². The molecule has 0 atom stereocenters.